The number of carbonyl (C=O) groups is 1. The van der Waals surface area contributed by atoms with Crippen molar-refractivity contribution in [3.63, 3.8) is 0 Å². The highest BCUT2D eigenvalue weighted by atomic mass is 16.5. The third-order valence-corrected chi connectivity index (χ3v) is 4.10. The molecule has 1 aliphatic rings. The lowest BCUT2D eigenvalue weighted by Gasteiger charge is -2.35. The molecular weight excluding hydrogens is 266 g/mol. The van der Waals surface area contributed by atoms with Crippen LogP contribution in [0.25, 0.3) is 5.57 Å². The molecule has 1 amide bonds. The van der Waals surface area contributed by atoms with E-state index in [4.69, 9.17) is 4.74 Å². The van der Waals surface area contributed by atoms with E-state index in [1.807, 2.05) is 37.3 Å². The van der Waals surface area contributed by atoms with Crippen molar-refractivity contribution in [3.05, 3.63) is 42.0 Å². The van der Waals surface area contributed by atoms with E-state index in [0.717, 1.165) is 24.0 Å². The highest BCUT2D eigenvalue weighted by Gasteiger charge is 2.32. The standard InChI is InChI=1S/C17H23NO3/c1-14(15-5-3-2-4-6-15)11-16(20)18-12-17(13-19)7-9-21-10-8-17/h2-6,11,19H,7-10,12-13H2,1H3,(H,18,20)/b14-11+. The van der Waals surface area contributed by atoms with E-state index in [1.165, 1.54) is 0 Å². The fraction of sp³-hybridized carbons (Fsp3) is 0.471. The van der Waals surface area contributed by atoms with Crippen LogP contribution >= 0.6 is 0 Å². The van der Waals surface area contributed by atoms with Crippen LogP contribution in [0.3, 0.4) is 0 Å². The number of nitrogens with one attached hydrogen (secondary N) is 1. The number of aliphatic hydroxyl groups excluding tert-OH is 1. The summed E-state index contributed by atoms with van der Waals surface area (Å²) in [6, 6.07) is 9.81. The summed E-state index contributed by atoms with van der Waals surface area (Å²) in [4.78, 5) is 12.0. The number of aliphatic hydroxyl groups is 1. The van der Waals surface area contributed by atoms with E-state index in [-0.39, 0.29) is 17.9 Å². The van der Waals surface area contributed by atoms with Crippen LogP contribution in [0.2, 0.25) is 0 Å². The summed E-state index contributed by atoms with van der Waals surface area (Å²) in [5.74, 6) is -0.115. The maximum absolute atomic E-state index is 12.0. The number of allylic oxidation sites excluding steroid dienone is 1. The quantitative estimate of drug-likeness (QED) is 0.815. The van der Waals surface area contributed by atoms with E-state index in [9.17, 15) is 9.90 Å². The Balaban J connectivity index is 1.92. The molecule has 1 aliphatic heterocycles. The monoisotopic (exact) mass is 289 g/mol. The molecule has 1 aromatic carbocycles. The van der Waals surface area contributed by atoms with Crippen molar-refractivity contribution in [1.29, 1.82) is 0 Å². The maximum atomic E-state index is 12.0. The average molecular weight is 289 g/mol. The molecule has 0 spiro atoms. The minimum absolute atomic E-state index is 0.0814. The van der Waals surface area contributed by atoms with Gasteiger partial charge in [-0.2, -0.15) is 0 Å². The van der Waals surface area contributed by atoms with Crippen LogP contribution in [0.4, 0.5) is 0 Å². The van der Waals surface area contributed by atoms with Crippen molar-refractivity contribution in [2.24, 2.45) is 5.41 Å². The van der Waals surface area contributed by atoms with Crippen LogP contribution in [-0.2, 0) is 9.53 Å². The van der Waals surface area contributed by atoms with Crippen molar-refractivity contribution in [2.45, 2.75) is 19.8 Å². The van der Waals surface area contributed by atoms with Crippen LogP contribution in [0.5, 0.6) is 0 Å². The second-order valence-corrected chi connectivity index (χ2v) is 5.68. The highest BCUT2D eigenvalue weighted by Crippen LogP contribution is 2.28. The lowest BCUT2D eigenvalue weighted by molar-refractivity contribution is -0.117. The first-order valence-corrected chi connectivity index (χ1v) is 7.35. The zero-order valence-electron chi connectivity index (χ0n) is 12.5. The van der Waals surface area contributed by atoms with Crippen molar-refractivity contribution in [3.8, 4) is 0 Å². The van der Waals surface area contributed by atoms with Gasteiger partial charge in [0.15, 0.2) is 0 Å². The Bertz CT molecular complexity index is 490. The summed E-state index contributed by atoms with van der Waals surface area (Å²) < 4.78 is 5.32. The van der Waals surface area contributed by atoms with Gasteiger partial charge in [-0.3, -0.25) is 4.79 Å². The number of amides is 1. The van der Waals surface area contributed by atoms with Gasteiger partial charge in [-0.15, -0.1) is 0 Å². The second kappa shape index (κ2) is 7.38. The first kappa shape index (κ1) is 15.7. The molecule has 4 heteroatoms. The minimum atomic E-state index is -0.234. The average Bonchev–Trinajstić information content (AvgIpc) is 2.54. The van der Waals surface area contributed by atoms with Crippen molar-refractivity contribution < 1.29 is 14.6 Å². The van der Waals surface area contributed by atoms with Crippen molar-refractivity contribution in [2.75, 3.05) is 26.4 Å². The summed E-state index contributed by atoms with van der Waals surface area (Å²) >= 11 is 0. The fourth-order valence-electron chi connectivity index (χ4n) is 2.50. The highest BCUT2D eigenvalue weighted by molar-refractivity contribution is 5.94. The topological polar surface area (TPSA) is 58.6 Å². The van der Waals surface area contributed by atoms with Gasteiger partial charge < -0.3 is 15.2 Å². The third kappa shape index (κ3) is 4.41. The van der Waals surface area contributed by atoms with Gasteiger partial charge in [0, 0.05) is 31.2 Å². The van der Waals surface area contributed by atoms with Crippen molar-refractivity contribution in [1.82, 2.24) is 5.32 Å². The molecule has 2 rings (SSSR count). The Morgan fingerprint density at radius 3 is 2.62 bits per heavy atom. The molecule has 0 radical (unpaired) electrons. The maximum Gasteiger partial charge on any atom is 0.244 e. The first-order valence-electron chi connectivity index (χ1n) is 7.35. The Hall–Kier alpha value is -1.65. The molecule has 0 unspecified atom stereocenters. The number of hydrogen-bond donors (Lipinski definition) is 2. The lowest BCUT2D eigenvalue weighted by atomic mass is 9.81. The van der Waals surface area contributed by atoms with Gasteiger partial charge in [-0.1, -0.05) is 30.3 Å². The molecule has 1 aromatic rings. The van der Waals surface area contributed by atoms with Gasteiger partial charge in [0.25, 0.3) is 0 Å². The van der Waals surface area contributed by atoms with E-state index in [1.54, 1.807) is 6.08 Å². The molecule has 0 atom stereocenters. The summed E-state index contributed by atoms with van der Waals surface area (Å²) in [7, 11) is 0. The van der Waals surface area contributed by atoms with Gasteiger partial charge in [0.1, 0.15) is 0 Å². The predicted octanol–water partition coefficient (Wildman–Crippen LogP) is 2.00. The van der Waals surface area contributed by atoms with Crippen LogP contribution in [0, 0.1) is 5.41 Å². The van der Waals surface area contributed by atoms with Gasteiger partial charge >= 0.3 is 0 Å². The number of ether oxygens (including phenoxy) is 1. The van der Waals surface area contributed by atoms with E-state index < -0.39 is 0 Å². The van der Waals surface area contributed by atoms with E-state index in [0.29, 0.717) is 19.8 Å². The zero-order valence-corrected chi connectivity index (χ0v) is 12.5. The summed E-state index contributed by atoms with van der Waals surface area (Å²) in [6.07, 6.45) is 3.18. The first-order chi connectivity index (χ1) is 10.2. The molecule has 1 fully saturated rings. The minimum Gasteiger partial charge on any atom is -0.396 e. The molecule has 0 bridgehead atoms. The Morgan fingerprint density at radius 1 is 1.33 bits per heavy atom. The zero-order chi connectivity index (χ0) is 15.1. The van der Waals surface area contributed by atoms with Gasteiger partial charge in [0.2, 0.25) is 5.91 Å². The number of rotatable bonds is 5. The van der Waals surface area contributed by atoms with Gasteiger partial charge in [-0.05, 0) is 30.9 Å². The summed E-state index contributed by atoms with van der Waals surface area (Å²) in [6.45, 7) is 3.79. The lowest BCUT2D eigenvalue weighted by Crippen LogP contribution is -2.43. The molecule has 0 aromatic heterocycles. The van der Waals surface area contributed by atoms with Crippen LogP contribution < -0.4 is 5.32 Å². The van der Waals surface area contributed by atoms with E-state index in [2.05, 4.69) is 5.32 Å². The Labute approximate surface area is 125 Å². The van der Waals surface area contributed by atoms with Gasteiger partial charge in [0.05, 0.1) is 6.61 Å². The van der Waals surface area contributed by atoms with Crippen LogP contribution in [0.15, 0.2) is 36.4 Å². The number of hydrogen-bond acceptors (Lipinski definition) is 3. The smallest absolute Gasteiger partial charge is 0.244 e. The molecule has 1 saturated heterocycles. The molecule has 21 heavy (non-hydrogen) atoms. The number of benzene rings is 1. The predicted molar refractivity (Wildman–Crippen MR) is 82.7 cm³/mol. The third-order valence-electron chi connectivity index (χ3n) is 4.10. The molecule has 0 saturated carbocycles. The molecule has 0 aliphatic carbocycles. The molecule has 4 nitrogen and oxygen atoms in total. The summed E-state index contributed by atoms with van der Waals surface area (Å²) in [5, 5.41) is 12.5. The van der Waals surface area contributed by atoms with E-state index >= 15 is 0 Å². The molecule has 2 N–H and O–H groups in total. The van der Waals surface area contributed by atoms with Crippen LogP contribution in [0.1, 0.15) is 25.3 Å². The van der Waals surface area contributed by atoms with Crippen LogP contribution in [-0.4, -0.2) is 37.4 Å². The normalized spacial score (nSPS) is 18.3. The number of carbonyl (C=O) groups excluding carboxylic acids is 1. The molecule has 1 heterocycles. The molecule has 114 valence electrons. The van der Waals surface area contributed by atoms with Gasteiger partial charge in [-0.25, -0.2) is 0 Å². The molecular formula is C17H23NO3. The second-order valence-electron chi connectivity index (χ2n) is 5.68. The largest absolute Gasteiger partial charge is 0.396 e. The summed E-state index contributed by atoms with van der Waals surface area (Å²) in [5.41, 5.74) is 1.73. The van der Waals surface area contributed by atoms with Crippen molar-refractivity contribution >= 4 is 11.5 Å². The Morgan fingerprint density at radius 2 is 2.00 bits per heavy atom. The fourth-order valence-corrected chi connectivity index (χ4v) is 2.50. The SMILES string of the molecule is C/C(=C\C(=O)NCC1(CO)CCOCC1)c1ccccc1. The Kier molecular flexibility index (Phi) is 5.53.